The topological polar surface area (TPSA) is 85.3 Å². The van der Waals surface area contributed by atoms with Gasteiger partial charge in [-0.25, -0.2) is 9.50 Å². The molecule has 2 aromatic rings. The fraction of sp³-hybridized carbons (Fsp3) is 0.533. The fourth-order valence-electron chi connectivity index (χ4n) is 2.51. The molecular weight excluding hydrogens is 266 g/mol. The molecule has 0 spiro atoms. The molecule has 0 aliphatic heterocycles. The molecule has 2 aromatic heterocycles. The van der Waals surface area contributed by atoms with E-state index in [0.717, 1.165) is 24.2 Å². The summed E-state index contributed by atoms with van der Waals surface area (Å²) in [5.74, 6) is -0.170. The van der Waals surface area contributed by atoms with Crippen molar-refractivity contribution in [2.24, 2.45) is 5.73 Å². The van der Waals surface area contributed by atoms with E-state index in [0.29, 0.717) is 17.8 Å². The maximum atomic E-state index is 12.6. The van der Waals surface area contributed by atoms with Crippen LogP contribution in [0.4, 0.5) is 0 Å². The quantitative estimate of drug-likeness (QED) is 0.875. The first kappa shape index (κ1) is 15.4. The highest BCUT2D eigenvalue weighted by atomic mass is 16.1. The molecule has 2 rings (SSSR count). The van der Waals surface area contributed by atoms with Gasteiger partial charge in [-0.05, 0) is 32.8 Å². The second kappa shape index (κ2) is 5.81. The number of amides is 1. The van der Waals surface area contributed by atoms with Gasteiger partial charge in [-0.15, -0.1) is 0 Å². The zero-order chi connectivity index (χ0) is 15.6. The van der Waals surface area contributed by atoms with Crippen molar-refractivity contribution < 1.29 is 4.79 Å². The Labute approximate surface area is 124 Å². The summed E-state index contributed by atoms with van der Waals surface area (Å²) in [6, 6.07) is 1.93. The monoisotopic (exact) mass is 289 g/mol. The maximum absolute atomic E-state index is 12.6. The summed E-state index contributed by atoms with van der Waals surface area (Å²) in [6.45, 7) is 8.32. The number of carbonyl (C=O) groups is 1. The van der Waals surface area contributed by atoms with Gasteiger partial charge in [0.25, 0.3) is 5.91 Å². The lowest BCUT2D eigenvalue weighted by Crippen LogP contribution is -2.52. The number of aryl methyl sites for hydroxylation is 2. The van der Waals surface area contributed by atoms with Gasteiger partial charge in [0.05, 0.1) is 11.7 Å². The number of nitrogens with two attached hydrogens (primary N) is 1. The van der Waals surface area contributed by atoms with Gasteiger partial charge in [0.15, 0.2) is 5.65 Å². The number of hydrogen-bond acceptors (Lipinski definition) is 4. The van der Waals surface area contributed by atoms with Gasteiger partial charge in [-0.2, -0.15) is 5.10 Å². The van der Waals surface area contributed by atoms with Gasteiger partial charge >= 0.3 is 0 Å². The van der Waals surface area contributed by atoms with E-state index in [1.165, 1.54) is 0 Å². The van der Waals surface area contributed by atoms with E-state index in [9.17, 15) is 4.79 Å². The summed E-state index contributed by atoms with van der Waals surface area (Å²) >= 11 is 0. The van der Waals surface area contributed by atoms with E-state index in [-0.39, 0.29) is 11.4 Å². The molecule has 0 aliphatic carbocycles. The number of hydrogen-bond donors (Lipinski definition) is 2. The average molecular weight is 289 g/mol. The Bertz CT molecular complexity index is 649. The molecule has 6 heteroatoms. The SMILES string of the molecule is CCC(CC)(CN)NC(=O)c1cnn2c(C)cc(C)nc12. The Morgan fingerprint density at radius 2 is 2.05 bits per heavy atom. The van der Waals surface area contributed by atoms with Crippen molar-refractivity contribution in [3.8, 4) is 0 Å². The van der Waals surface area contributed by atoms with Crippen molar-refractivity contribution in [2.75, 3.05) is 6.54 Å². The van der Waals surface area contributed by atoms with Crippen LogP contribution in [0, 0.1) is 13.8 Å². The van der Waals surface area contributed by atoms with E-state index in [2.05, 4.69) is 15.4 Å². The summed E-state index contributed by atoms with van der Waals surface area (Å²) in [7, 11) is 0. The molecule has 1 amide bonds. The molecule has 0 aliphatic rings. The Hall–Kier alpha value is -1.95. The predicted molar refractivity (Wildman–Crippen MR) is 82.3 cm³/mol. The van der Waals surface area contributed by atoms with Crippen LogP contribution in [0.5, 0.6) is 0 Å². The average Bonchev–Trinajstić information content (AvgIpc) is 2.89. The van der Waals surface area contributed by atoms with E-state index in [1.54, 1.807) is 10.7 Å². The molecule has 0 aromatic carbocycles. The number of nitrogens with zero attached hydrogens (tertiary/aromatic N) is 3. The molecule has 0 unspecified atom stereocenters. The van der Waals surface area contributed by atoms with Crippen molar-refractivity contribution in [2.45, 2.75) is 46.1 Å². The minimum Gasteiger partial charge on any atom is -0.345 e. The summed E-state index contributed by atoms with van der Waals surface area (Å²) in [6.07, 6.45) is 3.14. The van der Waals surface area contributed by atoms with Crippen molar-refractivity contribution in [1.82, 2.24) is 19.9 Å². The zero-order valence-electron chi connectivity index (χ0n) is 13.1. The molecule has 0 atom stereocenters. The van der Waals surface area contributed by atoms with Gasteiger partial charge in [0, 0.05) is 17.9 Å². The summed E-state index contributed by atoms with van der Waals surface area (Å²) in [4.78, 5) is 17.0. The first-order valence-corrected chi connectivity index (χ1v) is 7.31. The van der Waals surface area contributed by atoms with Crippen LogP contribution >= 0.6 is 0 Å². The van der Waals surface area contributed by atoms with Gasteiger partial charge in [0.2, 0.25) is 0 Å². The maximum Gasteiger partial charge on any atom is 0.257 e. The van der Waals surface area contributed by atoms with Gasteiger partial charge in [-0.3, -0.25) is 4.79 Å². The van der Waals surface area contributed by atoms with Crippen molar-refractivity contribution >= 4 is 11.6 Å². The number of nitrogens with one attached hydrogen (secondary N) is 1. The van der Waals surface area contributed by atoms with Gasteiger partial charge in [0.1, 0.15) is 5.56 Å². The third-order valence-corrected chi connectivity index (χ3v) is 4.15. The van der Waals surface area contributed by atoms with Crippen LogP contribution < -0.4 is 11.1 Å². The van der Waals surface area contributed by atoms with Crippen LogP contribution in [0.1, 0.15) is 48.4 Å². The molecule has 0 fully saturated rings. The standard InChI is InChI=1S/C15H23N5O/c1-5-15(6-2,9-16)19-14(21)12-8-17-20-11(4)7-10(3)18-13(12)20/h7-8H,5-6,9,16H2,1-4H3,(H,19,21). The molecule has 6 nitrogen and oxygen atoms in total. The second-order valence-corrected chi connectivity index (χ2v) is 5.48. The predicted octanol–water partition coefficient (Wildman–Crippen LogP) is 1.59. The van der Waals surface area contributed by atoms with Gasteiger partial charge in [-0.1, -0.05) is 13.8 Å². The third kappa shape index (κ3) is 2.76. The summed E-state index contributed by atoms with van der Waals surface area (Å²) in [5, 5.41) is 7.31. The van der Waals surface area contributed by atoms with Crippen molar-refractivity contribution in [3.05, 3.63) is 29.2 Å². The minimum atomic E-state index is -0.371. The molecule has 0 saturated heterocycles. The van der Waals surface area contributed by atoms with Crippen LogP contribution in [0.25, 0.3) is 5.65 Å². The molecule has 2 heterocycles. The Balaban J connectivity index is 2.40. The minimum absolute atomic E-state index is 0.170. The summed E-state index contributed by atoms with van der Waals surface area (Å²) in [5.41, 5.74) is 8.36. The Morgan fingerprint density at radius 1 is 1.38 bits per heavy atom. The lowest BCUT2D eigenvalue weighted by Gasteiger charge is -2.31. The van der Waals surface area contributed by atoms with E-state index in [1.807, 2.05) is 33.8 Å². The van der Waals surface area contributed by atoms with Crippen molar-refractivity contribution in [3.63, 3.8) is 0 Å². The summed E-state index contributed by atoms with van der Waals surface area (Å²) < 4.78 is 1.68. The highest BCUT2D eigenvalue weighted by Crippen LogP contribution is 2.17. The second-order valence-electron chi connectivity index (χ2n) is 5.48. The number of carbonyl (C=O) groups excluding carboxylic acids is 1. The molecule has 0 radical (unpaired) electrons. The molecule has 21 heavy (non-hydrogen) atoms. The number of rotatable bonds is 5. The molecule has 114 valence electrons. The van der Waals surface area contributed by atoms with Crippen LogP contribution in [0.15, 0.2) is 12.3 Å². The lowest BCUT2D eigenvalue weighted by molar-refractivity contribution is 0.0897. The normalized spacial score (nSPS) is 11.9. The third-order valence-electron chi connectivity index (χ3n) is 4.15. The van der Waals surface area contributed by atoms with Gasteiger partial charge < -0.3 is 11.1 Å². The molecule has 0 saturated carbocycles. The van der Waals surface area contributed by atoms with Crippen LogP contribution in [0.2, 0.25) is 0 Å². The van der Waals surface area contributed by atoms with Crippen molar-refractivity contribution in [1.29, 1.82) is 0 Å². The van der Waals surface area contributed by atoms with Crippen LogP contribution in [-0.2, 0) is 0 Å². The Morgan fingerprint density at radius 3 is 2.62 bits per heavy atom. The van der Waals surface area contributed by atoms with Crippen LogP contribution in [0.3, 0.4) is 0 Å². The molecule has 0 bridgehead atoms. The first-order chi connectivity index (χ1) is 9.96. The van der Waals surface area contributed by atoms with Crippen LogP contribution in [-0.4, -0.2) is 32.6 Å². The van der Waals surface area contributed by atoms with E-state index in [4.69, 9.17) is 5.73 Å². The molecular formula is C15H23N5O. The lowest BCUT2D eigenvalue weighted by atomic mass is 9.92. The highest BCUT2D eigenvalue weighted by molar-refractivity contribution is 6.00. The smallest absolute Gasteiger partial charge is 0.257 e. The zero-order valence-corrected chi connectivity index (χ0v) is 13.1. The highest BCUT2D eigenvalue weighted by Gasteiger charge is 2.28. The molecule has 3 N–H and O–H groups in total. The first-order valence-electron chi connectivity index (χ1n) is 7.31. The number of fused-ring (bicyclic) bond motifs is 1. The van der Waals surface area contributed by atoms with E-state index < -0.39 is 0 Å². The number of aromatic nitrogens is 3. The Kier molecular flexibility index (Phi) is 4.27. The fourth-order valence-corrected chi connectivity index (χ4v) is 2.51. The van der Waals surface area contributed by atoms with E-state index >= 15 is 0 Å². The largest absolute Gasteiger partial charge is 0.345 e.